The summed E-state index contributed by atoms with van der Waals surface area (Å²) in [4.78, 5) is 14.1. The molecule has 3 rings (SSSR count). The minimum Gasteiger partial charge on any atom is -0.497 e. The molecule has 0 radical (unpaired) electrons. The van der Waals surface area contributed by atoms with Crippen LogP contribution in [0, 0.1) is 0 Å². The van der Waals surface area contributed by atoms with Crippen LogP contribution in [0.3, 0.4) is 0 Å². The number of rotatable bonds is 4. The number of ether oxygens (including phenoxy) is 1. The summed E-state index contributed by atoms with van der Waals surface area (Å²) in [6.07, 6.45) is 1.77. The van der Waals surface area contributed by atoms with Crippen LogP contribution in [-0.4, -0.2) is 41.8 Å². The summed E-state index contributed by atoms with van der Waals surface area (Å²) in [5.74, 6) is 0.639. The number of para-hydroxylation sites is 1. The van der Waals surface area contributed by atoms with Gasteiger partial charge in [-0.15, -0.1) is 0 Å². The van der Waals surface area contributed by atoms with E-state index >= 15 is 0 Å². The average molecular weight is 321 g/mol. The predicted molar refractivity (Wildman–Crippen MR) is 93.6 cm³/mol. The van der Waals surface area contributed by atoms with E-state index in [-0.39, 0.29) is 5.91 Å². The van der Waals surface area contributed by atoms with E-state index in [0.29, 0.717) is 11.3 Å². The minimum atomic E-state index is -0.0880. The van der Waals surface area contributed by atoms with Crippen molar-refractivity contribution in [2.45, 2.75) is 0 Å². The van der Waals surface area contributed by atoms with E-state index < -0.39 is 0 Å². The molecule has 0 aliphatic rings. The fourth-order valence-electron chi connectivity index (χ4n) is 2.47. The summed E-state index contributed by atoms with van der Waals surface area (Å²) >= 11 is 0. The van der Waals surface area contributed by atoms with Gasteiger partial charge in [0.15, 0.2) is 0 Å². The number of amides is 1. The van der Waals surface area contributed by atoms with Crippen LogP contribution >= 0.6 is 0 Å². The number of nitrogens with zero attached hydrogens (tertiary/aromatic N) is 3. The van der Waals surface area contributed by atoms with Crippen LogP contribution < -0.4 is 4.74 Å². The zero-order valence-electron chi connectivity index (χ0n) is 13.9. The van der Waals surface area contributed by atoms with Gasteiger partial charge in [0.2, 0.25) is 0 Å². The Bertz CT molecular complexity index is 854. The Labute approximate surface area is 141 Å². The summed E-state index contributed by atoms with van der Waals surface area (Å²) in [6, 6.07) is 17.3. The monoisotopic (exact) mass is 321 g/mol. The van der Waals surface area contributed by atoms with E-state index in [1.807, 2.05) is 54.6 Å². The van der Waals surface area contributed by atoms with E-state index in [9.17, 15) is 4.79 Å². The molecule has 3 aromatic rings. The summed E-state index contributed by atoms with van der Waals surface area (Å²) < 4.78 is 7.01. The molecule has 1 amide bonds. The van der Waals surface area contributed by atoms with Gasteiger partial charge < -0.3 is 9.64 Å². The molecule has 1 aromatic heterocycles. The lowest BCUT2D eigenvalue weighted by Crippen LogP contribution is -2.21. The Kier molecular flexibility index (Phi) is 4.33. The van der Waals surface area contributed by atoms with E-state index in [4.69, 9.17) is 4.74 Å². The number of hydrogen-bond donors (Lipinski definition) is 0. The SMILES string of the molecule is COc1cccc(-c2nn(-c3ccccc3)cc2C(=O)N(C)C)c1. The Morgan fingerprint density at radius 1 is 1.08 bits per heavy atom. The molecule has 122 valence electrons. The van der Waals surface area contributed by atoms with Gasteiger partial charge in [-0.25, -0.2) is 4.68 Å². The van der Waals surface area contributed by atoms with E-state index in [1.165, 1.54) is 0 Å². The molecular weight excluding hydrogens is 302 g/mol. The van der Waals surface area contributed by atoms with Gasteiger partial charge in [0.25, 0.3) is 5.91 Å². The fourth-order valence-corrected chi connectivity index (χ4v) is 2.47. The van der Waals surface area contributed by atoms with Gasteiger partial charge in [-0.05, 0) is 24.3 Å². The average Bonchev–Trinajstić information content (AvgIpc) is 3.07. The third-order valence-electron chi connectivity index (χ3n) is 3.71. The van der Waals surface area contributed by atoms with Gasteiger partial charge in [0.1, 0.15) is 11.4 Å². The van der Waals surface area contributed by atoms with E-state index in [1.54, 1.807) is 37.0 Å². The maximum atomic E-state index is 12.6. The molecule has 2 aromatic carbocycles. The van der Waals surface area contributed by atoms with Gasteiger partial charge in [-0.2, -0.15) is 5.10 Å². The molecule has 5 nitrogen and oxygen atoms in total. The van der Waals surface area contributed by atoms with Crippen LogP contribution in [-0.2, 0) is 0 Å². The zero-order chi connectivity index (χ0) is 17.1. The smallest absolute Gasteiger partial charge is 0.257 e. The van der Waals surface area contributed by atoms with Gasteiger partial charge in [0.05, 0.1) is 18.4 Å². The molecule has 24 heavy (non-hydrogen) atoms. The topological polar surface area (TPSA) is 47.4 Å². The first-order valence-electron chi connectivity index (χ1n) is 7.61. The normalized spacial score (nSPS) is 10.5. The number of carbonyl (C=O) groups is 1. The highest BCUT2D eigenvalue weighted by molar-refractivity contribution is 5.99. The van der Waals surface area contributed by atoms with Gasteiger partial charge in [-0.3, -0.25) is 4.79 Å². The fraction of sp³-hybridized carbons (Fsp3) is 0.158. The third kappa shape index (κ3) is 3.01. The van der Waals surface area contributed by atoms with Crippen molar-refractivity contribution in [3.63, 3.8) is 0 Å². The lowest BCUT2D eigenvalue weighted by Gasteiger charge is -2.10. The van der Waals surface area contributed by atoms with Crippen LogP contribution in [0.1, 0.15) is 10.4 Å². The van der Waals surface area contributed by atoms with Crippen molar-refractivity contribution < 1.29 is 9.53 Å². The molecule has 0 N–H and O–H groups in total. The highest BCUT2D eigenvalue weighted by Crippen LogP contribution is 2.27. The molecule has 0 aliphatic carbocycles. The number of hydrogen-bond acceptors (Lipinski definition) is 3. The predicted octanol–water partition coefficient (Wildman–Crippen LogP) is 3.25. The van der Waals surface area contributed by atoms with Crippen LogP contribution in [0.25, 0.3) is 16.9 Å². The highest BCUT2D eigenvalue weighted by atomic mass is 16.5. The third-order valence-corrected chi connectivity index (χ3v) is 3.71. The van der Waals surface area contributed by atoms with Crippen molar-refractivity contribution in [2.75, 3.05) is 21.2 Å². The Morgan fingerprint density at radius 2 is 1.83 bits per heavy atom. The second kappa shape index (κ2) is 6.58. The van der Waals surface area contributed by atoms with Crippen molar-refractivity contribution in [1.29, 1.82) is 0 Å². The maximum Gasteiger partial charge on any atom is 0.257 e. The summed E-state index contributed by atoms with van der Waals surface area (Å²) in [6.45, 7) is 0. The van der Waals surface area contributed by atoms with E-state index in [2.05, 4.69) is 5.10 Å². The number of aromatic nitrogens is 2. The zero-order valence-corrected chi connectivity index (χ0v) is 13.9. The first-order valence-corrected chi connectivity index (χ1v) is 7.61. The van der Waals surface area contributed by atoms with Crippen molar-refractivity contribution in [1.82, 2.24) is 14.7 Å². The summed E-state index contributed by atoms with van der Waals surface area (Å²) in [7, 11) is 5.09. The largest absolute Gasteiger partial charge is 0.497 e. The molecule has 0 unspecified atom stereocenters. The van der Waals surface area contributed by atoms with Crippen LogP contribution in [0.2, 0.25) is 0 Å². The first-order chi connectivity index (χ1) is 11.6. The van der Waals surface area contributed by atoms with Crippen LogP contribution in [0.4, 0.5) is 0 Å². The van der Waals surface area contributed by atoms with Crippen molar-refractivity contribution in [3.05, 3.63) is 66.4 Å². The minimum absolute atomic E-state index is 0.0880. The highest BCUT2D eigenvalue weighted by Gasteiger charge is 2.20. The molecule has 0 fully saturated rings. The van der Waals surface area contributed by atoms with Crippen LogP contribution in [0.15, 0.2) is 60.8 Å². The summed E-state index contributed by atoms with van der Waals surface area (Å²) in [5.41, 5.74) is 2.93. The first kappa shape index (κ1) is 15.8. The van der Waals surface area contributed by atoms with Gasteiger partial charge >= 0.3 is 0 Å². The molecule has 1 heterocycles. The van der Waals surface area contributed by atoms with Gasteiger partial charge in [0, 0.05) is 25.9 Å². The number of benzene rings is 2. The van der Waals surface area contributed by atoms with Crippen molar-refractivity contribution in [2.24, 2.45) is 0 Å². The summed E-state index contributed by atoms with van der Waals surface area (Å²) in [5, 5.41) is 4.64. The molecule has 0 aliphatic heterocycles. The molecule has 0 saturated heterocycles. The Morgan fingerprint density at radius 3 is 2.50 bits per heavy atom. The molecule has 5 heteroatoms. The number of methoxy groups -OCH3 is 1. The van der Waals surface area contributed by atoms with E-state index in [0.717, 1.165) is 17.0 Å². The molecular formula is C19H19N3O2. The molecule has 0 saturated carbocycles. The number of carbonyl (C=O) groups excluding carboxylic acids is 1. The lowest BCUT2D eigenvalue weighted by atomic mass is 10.1. The van der Waals surface area contributed by atoms with Crippen molar-refractivity contribution >= 4 is 5.91 Å². The lowest BCUT2D eigenvalue weighted by molar-refractivity contribution is 0.0828. The molecule has 0 bridgehead atoms. The van der Waals surface area contributed by atoms with Gasteiger partial charge in [-0.1, -0.05) is 30.3 Å². The Hall–Kier alpha value is -3.08. The molecule has 0 atom stereocenters. The quantitative estimate of drug-likeness (QED) is 0.741. The van der Waals surface area contributed by atoms with Crippen LogP contribution in [0.5, 0.6) is 5.75 Å². The second-order valence-corrected chi connectivity index (χ2v) is 5.60. The Balaban J connectivity index is 2.16. The second-order valence-electron chi connectivity index (χ2n) is 5.60. The maximum absolute atomic E-state index is 12.6. The molecule has 0 spiro atoms. The standard InChI is InChI=1S/C19H19N3O2/c1-21(2)19(23)17-13-22(15-9-5-4-6-10-15)20-18(17)14-8-7-11-16(12-14)24-3/h4-13H,1-3H3. The van der Waals surface area contributed by atoms with Crippen molar-refractivity contribution in [3.8, 4) is 22.7 Å².